The summed E-state index contributed by atoms with van der Waals surface area (Å²) in [4.78, 5) is 19.2. The summed E-state index contributed by atoms with van der Waals surface area (Å²) >= 11 is 0. The number of carbonyl (C=O) groups excluding carboxylic acids is 1. The smallest absolute Gasteiger partial charge is 0.238 e. The Morgan fingerprint density at radius 2 is 2.00 bits per heavy atom. The maximum atomic E-state index is 13.5. The Morgan fingerprint density at radius 1 is 1.12 bits per heavy atom. The van der Waals surface area contributed by atoms with E-state index in [1.165, 1.54) is 12.1 Å². The van der Waals surface area contributed by atoms with E-state index in [0.29, 0.717) is 54.2 Å². The molecule has 2 aliphatic rings. The van der Waals surface area contributed by atoms with Crippen LogP contribution in [0.1, 0.15) is 31.1 Å². The fourth-order valence-corrected chi connectivity index (χ4v) is 4.19. The van der Waals surface area contributed by atoms with Crippen LogP contribution in [0.25, 0.3) is 11.4 Å². The molecule has 0 radical (unpaired) electrons. The number of anilines is 1. The SMILES string of the molecule is O=C(CN1CCCC(c2nc(-c3cccc(F)c3)no2)C1)Nc1ccc2c(c1)OCCCO2. The maximum absolute atomic E-state index is 13.5. The van der Waals surface area contributed by atoms with E-state index in [9.17, 15) is 9.18 Å². The minimum absolute atomic E-state index is 0.0272. The van der Waals surface area contributed by atoms with Gasteiger partial charge in [0.1, 0.15) is 5.82 Å². The fraction of sp³-hybridized carbons (Fsp3) is 0.375. The largest absolute Gasteiger partial charge is 0.490 e. The number of nitrogens with one attached hydrogen (secondary N) is 1. The number of piperidine rings is 1. The second-order valence-corrected chi connectivity index (χ2v) is 8.30. The van der Waals surface area contributed by atoms with Crippen LogP contribution in [0, 0.1) is 5.82 Å². The third-order valence-electron chi connectivity index (χ3n) is 5.78. The van der Waals surface area contributed by atoms with Gasteiger partial charge in [-0.3, -0.25) is 9.69 Å². The zero-order valence-corrected chi connectivity index (χ0v) is 18.1. The standard InChI is InChI=1S/C24H25FN4O4/c25-18-6-1-4-16(12-18)23-27-24(33-28-23)17-5-2-9-29(14-17)15-22(30)26-19-7-8-20-21(13-19)32-11-3-10-31-20/h1,4,6-8,12-13,17H,2-3,5,9-11,14-15H2,(H,26,30). The summed E-state index contributed by atoms with van der Waals surface area (Å²) < 4.78 is 30.3. The number of halogens is 1. The Balaban J connectivity index is 1.19. The van der Waals surface area contributed by atoms with Gasteiger partial charge < -0.3 is 19.3 Å². The number of nitrogens with zero attached hydrogens (tertiary/aromatic N) is 3. The van der Waals surface area contributed by atoms with Gasteiger partial charge in [-0.25, -0.2) is 4.39 Å². The van der Waals surface area contributed by atoms with Crippen LogP contribution in [-0.2, 0) is 4.79 Å². The monoisotopic (exact) mass is 452 g/mol. The quantitative estimate of drug-likeness (QED) is 0.629. The van der Waals surface area contributed by atoms with E-state index in [1.54, 1.807) is 18.2 Å². The molecule has 0 spiro atoms. The molecule has 1 saturated heterocycles. The van der Waals surface area contributed by atoms with Crippen LogP contribution in [0.3, 0.4) is 0 Å². The third kappa shape index (κ3) is 5.14. The molecule has 3 heterocycles. The first-order valence-corrected chi connectivity index (χ1v) is 11.2. The van der Waals surface area contributed by atoms with E-state index < -0.39 is 0 Å². The minimum Gasteiger partial charge on any atom is -0.490 e. The second-order valence-electron chi connectivity index (χ2n) is 8.30. The van der Waals surface area contributed by atoms with E-state index in [2.05, 4.69) is 20.4 Å². The lowest BCUT2D eigenvalue weighted by molar-refractivity contribution is -0.117. The number of rotatable bonds is 5. The van der Waals surface area contributed by atoms with Crippen molar-refractivity contribution in [2.45, 2.75) is 25.2 Å². The summed E-state index contributed by atoms with van der Waals surface area (Å²) in [5.41, 5.74) is 1.25. The molecule has 1 amide bonds. The van der Waals surface area contributed by atoms with Crippen LogP contribution < -0.4 is 14.8 Å². The molecule has 3 aromatic rings. The first-order chi connectivity index (χ1) is 16.1. The van der Waals surface area contributed by atoms with Crippen LogP contribution in [0.2, 0.25) is 0 Å². The lowest BCUT2D eigenvalue weighted by atomic mass is 9.98. The van der Waals surface area contributed by atoms with Crippen molar-refractivity contribution in [2.75, 3.05) is 38.2 Å². The average Bonchev–Trinajstić information content (AvgIpc) is 3.19. The van der Waals surface area contributed by atoms with Gasteiger partial charge in [-0.1, -0.05) is 17.3 Å². The summed E-state index contributed by atoms with van der Waals surface area (Å²) in [6.07, 6.45) is 2.64. The molecule has 0 saturated carbocycles. The van der Waals surface area contributed by atoms with Crippen molar-refractivity contribution in [3.8, 4) is 22.9 Å². The normalized spacial score (nSPS) is 18.5. The number of ether oxygens (including phenoxy) is 2. The van der Waals surface area contributed by atoms with Gasteiger partial charge in [-0.2, -0.15) is 4.98 Å². The number of amides is 1. The average molecular weight is 452 g/mol. The summed E-state index contributed by atoms with van der Waals surface area (Å²) in [6, 6.07) is 11.5. The first kappa shape index (κ1) is 21.4. The molecule has 172 valence electrons. The minimum atomic E-state index is -0.345. The Morgan fingerprint density at radius 3 is 2.88 bits per heavy atom. The molecule has 8 nitrogen and oxygen atoms in total. The Hall–Kier alpha value is -3.46. The molecule has 5 rings (SSSR count). The Bertz CT molecular complexity index is 1140. The van der Waals surface area contributed by atoms with Gasteiger partial charge in [0.2, 0.25) is 17.6 Å². The van der Waals surface area contributed by atoms with Crippen LogP contribution in [0.4, 0.5) is 10.1 Å². The third-order valence-corrected chi connectivity index (χ3v) is 5.78. The predicted octanol–water partition coefficient (Wildman–Crippen LogP) is 3.86. The zero-order chi connectivity index (χ0) is 22.6. The van der Waals surface area contributed by atoms with Gasteiger partial charge >= 0.3 is 0 Å². The number of benzene rings is 2. The van der Waals surface area contributed by atoms with Crippen LogP contribution >= 0.6 is 0 Å². The molecule has 9 heteroatoms. The van der Waals surface area contributed by atoms with Crippen molar-refractivity contribution in [1.29, 1.82) is 0 Å². The summed E-state index contributed by atoms with van der Waals surface area (Å²) in [6.45, 7) is 2.93. The van der Waals surface area contributed by atoms with E-state index in [0.717, 1.165) is 25.8 Å². The number of hydrogen-bond acceptors (Lipinski definition) is 7. The second kappa shape index (κ2) is 9.58. The molecule has 33 heavy (non-hydrogen) atoms. The van der Waals surface area contributed by atoms with Crippen molar-refractivity contribution in [3.05, 3.63) is 54.2 Å². The molecular formula is C24H25FN4O4. The van der Waals surface area contributed by atoms with Crippen LogP contribution in [0.15, 0.2) is 47.0 Å². The Kier molecular flexibility index (Phi) is 6.21. The molecule has 2 aromatic carbocycles. The highest BCUT2D eigenvalue weighted by molar-refractivity contribution is 5.92. The van der Waals surface area contributed by atoms with Crippen molar-refractivity contribution in [2.24, 2.45) is 0 Å². The highest BCUT2D eigenvalue weighted by Gasteiger charge is 2.27. The summed E-state index contributed by atoms with van der Waals surface area (Å²) in [5, 5.41) is 6.96. The topological polar surface area (TPSA) is 89.7 Å². The first-order valence-electron chi connectivity index (χ1n) is 11.2. The number of fused-ring (bicyclic) bond motifs is 1. The number of aromatic nitrogens is 2. The molecular weight excluding hydrogens is 427 g/mol. The maximum Gasteiger partial charge on any atom is 0.238 e. The van der Waals surface area contributed by atoms with Crippen LogP contribution in [0.5, 0.6) is 11.5 Å². The zero-order valence-electron chi connectivity index (χ0n) is 18.1. The molecule has 0 bridgehead atoms. The Labute approximate surface area is 190 Å². The summed E-state index contributed by atoms with van der Waals surface area (Å²) in [5.74, 6) is 1.81. The lowest BCUT2D eigenvalue weighted by Gasteiger charge is -2.30. The molecule has 1 unspecified atom stereocenters. The van der Waals surface area contributed by atoms with Crippen molar-refractivity contribution < 1.29 is 23.2 Å². The molecule has 1 N–H and O–H groups in total. The van der Waals surface area contributed by atoms with E-state index in [1.807, 2.05) is 12.1 Å². The molecule has 1 fully saturated rings. The summed E-state index contributed by atoms with van der Waals surface area (Å²) in [7, 11) is 0. The van der Waals surface area contributed by atoms with Crippen molar-refractivity contribution in [1.82, 2.24) is 15.0 Å². The van der Waals surface area contributed by atoms with E-state index in [4.69, 9.17) is 14.0 Å². The molecule has 0 aliphatic carbocycles. The van der Waals surface area contributed by atoms with Gasteiger partial charge in [0, 0.05) is 30.3 Å². The van der Waals surface area contributed by atoms with Gasteiger partial charge in [0.15, 0.2) is 11.5 Å². The number of carbonyl (C=O) groups is 1. The number of likely N-dealkylation sites (tertiary alicyclic amines) is 1. The molecule has 1 aromatic heterocycles. The van der Waals surface area contributed by atoms with Gasteiger partial charge in [0.25, 0.3) is 0 Å². The van der Waals surface area contributed by atoms with Gasteiger partial charge in [-0.15, -0.1) is 0 Å². The number of hydrogen-bond donors (Lipinski definition) is 1. The fourth-order valence-electron chi connectivity index (χ4n) is 4.19. The van der Waals surface area contributed by atoms with E-state index in [-0.39, 0.29) is 24.2 Å². The lowest BCUT2D eigenvalue weighted by Crippen LogP contribution is -2.39. The van der Waals surface area contributed by atoms with E-state index >= 15 is 0 Å². The van der Waals surface area contributed by atoms with Gasteiger partial charge in [-0.05, 0) is 43.7 Å². The van der Waals surface area contributed by atoms with Gasteiger partial charge in [0.05, 0.1) is 25.7 Å². The molecule has 1 atom stereocenters. The highest BCUT2D eigenvalue weighted by Crippen LogP contribution is 2.32. The van der Waals surface area contributed by atoms with Crippen molar-refractivity contribution >= 4 is 11.6 Å². The molecule has 2 aliphatic heterocycles. The van der Waals surface area contributed by atoms with Crippen LogP contribution in [-0.4, -0.2) is 53.8 Å². The predicted molar refractivity (Wildman–Crippen MR) is 119 cm³/mol. The van der Waals surface area contributed by atoms with Crippen molar-refractivity contribution in [3.63, 3.8) is 0 Å². The highest BCUT2D eigenvalue weighted by atomic mass is 19.1.